The first-order chi connectivity index (χ1) is 6.48. The molecule has 0 bridgehead atoms. The van der Waals surface area contributed by atoms with E-state index in [-0.39, 0.29) is 24.4 Å². The summed E-state index contributed by atoms with van der Waals surface area (Å²) in [4.78, 5) is 2.22. The maximum atomic E-state index is 9.17. The van der Waals surface area contributed by atoms with E-state index in [4.69, 9.17) is 10.5 Å². The van der Waals surface area contributed by atoms with Crippen molar-refractivity contribution in [1.29, 1.82) is 0 Å². The smallest absolute Gasteiger partial charge is 0.0757 e. The third-order valence-corrected chi connectivity index (χ3v) is 2.59. The zero-order valence-corrected chi connectivity index (χ0v) is 9.36. The molecule has 0 radical (unpaired) electrons. The van der Waals surface area contributed by atoms with Crippen molar-refractivity contribution in [3.05, 3.63) is 0 Å². The van der Waals surface area contributed by atoms with E-state index >= 15 is 0 Å². The molecule has 1 aliphatic heterocycles. The molecule has 0 spiro atoms. The predicted molar refractivity (Wildman–Crippen MR) is 56.1 cm³/mol. The number of ether oxygens (including phenoxy) is 1. The third kappa shape index (κ3) is 2.92. The minimum absolute atomic E-state index is 0.0700. The van der Waals surface area contributed by atoms with Gasteiger partial charge < -0.3 is 15.6 Å². The van der Waals surface area contributed by atoms with Crippen LogP contribution in [0.25, 0.3) is 0 Å². The minimum atomic E-state index is -0.139. The molecule has 2 unspecified atom stereocenters. The number of hydrogen-bond acceptors (Lipinski definition) is 4. The average molecular weight is 202 g/mol. The second-order valence-electron chi connectivity index (χ2n) is 4.69. The summed E-state index contributed by atoms with van der Waals surface area (Å²) in [5, 5.41) is 9.17. The van der Waals surface area contributed by atoms with Crippen LogP contribution in [0.3, 0.4) is 0 Å². The van der Waals surface area contributed by atoms with Crippen LogP contribution >= 0.6 is 0 Å². The number of aliphatic hydroxyl groups is 1. The Morgan fingerprint density at radius 3 is 2.71 bits per heavy atom. The quantitative estimate of drug-likeness (QED) is 0.666. The van der Waals surface area contributed by atoms with E-state index in [1.807, 2.05) is 0 Å². The highest BCUT2D eigenvalue weighted by molar-refractivity contribution is 4.86. The normalized spacial score (nSPS) is 30.2. The van der Waals surface area contributed by atoms with Gasteiger partial charge in [-0.3, -0.25) is 4.90 Å². The van der Waals surface area contributed by atoms with Gasteiger partial charge in [0.15, 0.2) is 0 Å². The van der Waals surface area contributed by atoms with E-state index in [0.29, 0.717) is 6.54 Å². The van der Waals surface area contributed by atoms with Crippen LogP contribution in [0.15, 0.2) is 0 Å². The summed E-state index contributed by atoms with van der Waals surface area (Å²) in [5.41, 5.74) is 5.47. The first-order valence-electron chi connectivity index (χ1n) is 5.21. The molecule has 0 aromatic heterocycles. The summed E-state index contributed by atoms with van der Waals surface area (Å²) in [6, 6.07) is 0.0700. The summed E-state index contributed by atoms with van der Waals surface area (Å²) < 4.78 is 5.78. The van der Waals surface area contributed by atoms with Crippen LogP contribution in [-0.4, -0.2) is 54.0 Å². The lowest BCUT2D eigenvalue weighted by Gasteiger charge is -2.44. The fourth-order valence-electron chi connectivity index (χ4n) is 2.12. The highest BCUT2D eigenvalue weighted by atomic mass is 16.5. The second kappa shape index (κ2) is 4.57. The zero-order valence-electron chi connectivity index (χ0n) is 9.36. The van der Waals surface area contributed by atoms with Crippen LogP contribution in [-0.2, 0) is 4.74 Å². The summed E-state index contributed by atoms with van der Waals surface area (Å²) >= 11 is 0. The van der Waals surface area contributed by atoms with Crippen molar-refractivity contribution in [1.82, 2.24) is 4.90 Å². The number of nitrogens with zero attached hydrogens (tertiary/aromatic N) is 1. The Morgan fingerprint density at radius 2 is 2.29 bits per heavy atom. The van der Waals surface area contributed by atoms with Gasteiger partial charge in [-0.05, 0) is 20.8 Å². The number of nitrogens with two attached hydrogens (primary N) is 1. The van der Waals surface area contributed by atoms with Gasteiger partial charge in [-0.25, -0.2) is 0 Å². The first-order valence-corrected chi connectivity index (χ1v) is 5.21. The average Bonchev–Trinajstić information content (AvgIpc) is 2.02. The lowest BCUT2D eigenvalue weighted by atomic mass is 10.0. The van der Waals surface area contributed by atoms with Crippen molar-refractivity contribution in [2.45, 2.75) is 38.5 Å². The monoisotopic (exact) mass is 202 g/mol. The van der Waals surface area contributed by atoms with Crippen molar-refractivity contribution in [3.63, 3.8) is 0 Å². The van der Waals surface area contributed by atoms with Crippen molar-refractivity contribution < 1.29 is 9.84 Å². The lowest BCUT2D eigenvalue weighted by Crippen LogP contribution is -2.57. The topological polar surface area (TPSA) is 58.7 Å². The Labute approximate surface area is 86.0 Å². The lowest BCUT2D eigenvalue weighted by molar-refractivity contribution is -0.140. The molecule has 14 heavy (non-hydrogen) atoms. The number of rotatable bonds is 3. The molecule has 84 valence electrons. The maximum absolute atomic E-state index is 9.17. The molecular formula is C10H22N2O2. The first kappa shape index (κ1) is 11.9. The Morgan fingerprint density at radius 1 is 1.64 bits per heavy atom. The summed E-state index contributed by atoms with van der Waals surface area (Å²) in [6.07, 6.45) is 0.208. The zero-order chi connectivity index (χ0) is 10.8. The molecule has 0 aromatic carbocycles. The standard InChI is InChI=1S/C10H22N2O2/c1-8-5-12(9(4-11)6-13)7-10(2,3)14-8/h8-9,13H,4-7,11H2,1-3H3. The van der Waals surface area contributed by atoms with E-state index in [0.717, 1.165) is 13.1 Å². The van der Waals surface area contributed by atoms with E-state index in [1.165, 1.54) is 0 Å². The number of hydrogen-bond donors (Lipinski definition) is 2. The van der Waals surface area contributed by atoms with Crippen LogP contribution < -0.4 is 5.73 Å². The molecule has 0 aliphatic carbocycles. The maximum Gasteiger partial charge on any atom is 0.0757 e. The molecule has 2 atom stereocenters. The highest BCUT2D eigenvalue weighted by Gasteiger charge is 2.33. The molecule has 4 nitrogen and oxygen atoms in total. The van der Waals surface area contributed by atoms with E-state index in [9.17, 15) is 5.11 Å². The minimum Gasteiger partial charge on any atom is -0.395 e. The summed E-state index contributed by atoms with van der Waals surface area (Å²) in [7, 11) is 0. The van der Waals surface area contributed by atoms with Gasteiger partial charge in [0.05, 0.1) is 18.3 Å². The Balaban J connectivity index is 2.61. The van der Waals surface area contributed by atoms with E-state index in [1.54, 1.807) is 0 Å². The highest BCUT2D eigenvalue weighted by Crippen LogP contribution is 2.21. The van der Waals surface area contributed by atoms with Gasteiger partial charge in [0.2, 0.25) is 0 Å². The molecule has 1 aliphatic rings. The summed E-state index contributed by atoms with van der Waals surface area (Å²) in [5.74, 6) is 0. The van der Waals surface area contributed by atoms with Crippen LogP contribution in [0, 0.1) is 0 Å². The largest absolute Gasteiger partial charge is 0.395 e. The SMILES string of the molecule is CC1CN(C(CN)CO)CC(C)(C)O1. The molecule has 1 saturated heterocycles. The van der Waals surface area contributed by atoms with Crippen molar-refractivity contribution in [2.75, 3.05) is 26.2 Å². The summed E-state index contributed by atoms with van der Waals surface area (Å²) in [6.45, 7) is 8.50. The molecule has 3 N–H and O–H groups in total. The Kier molecular flexibility index (Phi) is 3.89. The molecule has 0 saturated carbocycles. The van der Waals surface area contributed by atoms with Gasteiger partial charge in [0, 0.05) is 25.7 Å². The molecule has 4 heteroatoms. The van der Waals surface area contributed by atoms with Gasteiger partial charge in [0.25, 0.3) is 0 Å². The Bertz CT molecular complexity index is 181. The fourth-order valence-corrected chi connectivity index (χ4v) is 2.12. The van der Waals surface area contributed by atoms with Gasteiger partial charge in [-0.15, -0.1) is 0 Å². The van der Waals surface area contributed by atoms with Gasteiger partial charge in [0.1, 0.15) is 0 Å². The molecule has 0 aromatic rings. The number of aliphatic hydroxyl groups excluding tert-OH is 1. The molecule has 0 amide bonds. The van der Waals surface area contributed by atoms with Crippen LogP contribution in [0.4, 0.5) is 0 Å². The van der Waals surface area contributed by atoms with E-state index in [2.05, 4.69) is 25.7 Å². The van der Waals surface area contributed by atoms with Gasteiger partial charge in [-0.2, -0.15) is 0 Å². The van der Waals surface area contributed by atoms with Crippen molar-refractivity contribution >= 4 is 0 Å². The molecule has 1 heterocycles. The van der Waals surface area contributed by atoms with Gasteiger partial charge in [-0.1, -0.05) is 0 Å². The van der Waals surface area contributed by atoms with Crippen molar-refractivity contribution in [2.24, 2.45) is 5.73 Å². The van der Waals surface area contributed by atoms with E-state index < -0.39 is 0 Å². The third-order valence-electron chi connectivity index (χ3n) is 2.59. The van der Waals surface area contributed by atoms with Crippen LogP contribution in [0.2, 0.25) is 0 Å². The Hall–Kier alpha value is -0.160. The van der Waals surface area contributed by atoms with Crippen LogP contribution in [0.5, 0.6) is 0 Å². The second-order valence-corrected chi connectivity index (χ2v) is 4.69. The van der Waals surface area contributed by atoms with Crippen molar-refractivity contribution in [3.8, 4) is 0 Å². The molecular weight excluding hydrogens is 180 g/mol. The molecule has 1 fully saturated rings. The van der Waals surface area contributed by atoms with Gasteiger partial charge >= 0.3 is 0 Å². The molecule has 1 rings (SSSR count). The predicted octanol–water partition coefficient (Wildman–Crippen LogP) is -0.195. The number of morpholine rings is 1. The van der Waals surface area contributed by atoms with Crippen LogP contribution in [0.1, 0.15) is 20.8 Å². The fraction of sp³-hybridized carbons (Fsp3) is 1.00.